The number of hydrogen-bond donors (Lipinski definition) is 2. The summed E-state index contributed by atoms with van der Waals surface area (Å²) in [6.45, 7) is 3.41. The lowest BCUT2D eigenvalue weighted by Gasteiger charge is -2.10. The maximum Gasteiger partial charge on any atom is 0.314 e. The Morgan fingerprint density at radius 1 is 1.10 bits per heavy atom. The number of methoxy groups -OCH3 is 2. The van der Waals surface area contributed by atoms with E-state index in [1.807, 2.05) is 18.2 Å². The Kier molecular flexibility index (Phi) is 7.32. The number of benzene rings is 1. The quantitative estimate of drug-likeness (QED) is 0.719. The van der Waals surface area contributed by atoms with Crippen molar-refractivity contribution in [2.75, 3.05) is 27.3 Å². The molecule has 1 rings (SSSR count). The molecular weight excluding hydrogens is 256 g/mol. The standard InChI is InChI=1S/C15H24N2O3/c1-4-5-9-16-15(18)17-10-8-12-6-7-13(19-2)14(11-12)20-3/h6-7,11H,4-5,8-10H2,1-3H3,(H2,16,17,18). The molecule has 0 heterocycles. The van der Waals surface area contributed by atoms with Crippen molar-refractivity contribution < 1.29 is 14.3 Å². The molecule has 20 heavy (non-hydrogen) atoms. The first-order valence-corrected chi connectivity index (χ1v) is 6.93. The van der Waals surface area contributed by atoms with Crippen molar-refractivity contribution in [3.05, 3.63) is 23.8 Å². The van der Waals surface area contributed by atoms with Gasteiger partial charge in [-0.3, -0.25) is 0 Å². The summed E-state index contributed by atoms with van der Waals surface area (Å²) in [6, 6.07) is 5.65. The summed E-state index contributed by atoms with van der Waals surface area (Å²) in [6.07, 6.45) is 2.83. The van der Waals surface area contributed by atoms with Crippen LogP contribution >= 0.6 is 0 Å². The van der Waals surface area contributed by atoms with E-state index in [2.05, 4.69) is 17.6 Å². The second-order valence-electron chi connectivity index (χ2n) is 4.48. The van der Waals surface area contributed by atoms with Crippen LogP contribution in [-0.2, 0) is 6.42 Å². The molecule has 0 bridgehead atoms. The number of rotatable bonds is 8. The van der Waals surface area contributed by atoms with Crippen molar-refractivity contribution in [2.45, 2.75) is 26.2 Å². The van der Waals surface area contributed by atoms with Gasteiger partial charge >= 0.3 is 6.03 Å². The Balaban J connectivity index is 2.36. The van der Waals surface area contributed by atoms with Crippen LogP contribution in [0.4, 0.5) is 4.79 Å². The van der Waals surface area contributed by atoms with Gasteiger partial charge in [0.1, 0.15) is 0 Å². The summed E-state index contributed by atoms with van der Waals surface area (Å²) < 4.78 is 10.4. The SMILES string of the molecule is CCCCNC(=O)NCCc1ccc(OC)c(OC)c1. The van der Waals surface area contributed by atoms with Gasteiger partial charge in [0.2, 0.25) is 0 Å². The Bertz CT molecular complexity index is 422. The van der Waals surface area contributed by atoms with Crippen LogP contribution in [0.1, 0.15) is 25.3 Å². The summed E-state index contributed by atoms with van der Waals surface area (Å²) in [5.41, 5.74) is 1.09. The van der Waals surface area contributed by atoms with Crippen molar-refractivity contribution in [3.8, 4) is 11.5 Å². The molecule has 0 saturated heterocycles. The molecule has 2 amide bonds. The highest BCUT2D eigenvalue weighted by Gasteiger charge is 2.05. The summed E-state index contributed by atoms with van der Waals surface area (Å²) in [5.74, 6) is 1.42. The van der Waals surface area contributed by atoms with Gasteiger partial charge < -0.3 is 20.1 Å². The Morgan fingerprint density at radius 2 is 1.80 bits per heavy atom. The first-order chi connectivity index (χ1) is 9.71. The number of carbonyl (C=O) groups is 1. The fourth-order valence-corrected chi connectivity index (χ4v) is 1.80. The molecule has 0 aliphatic carbocycles. The summed E-state index contributed by atoms with van der Waals surface area (Å²) >= 11 is 0. The van der Waals surface area contributed by atoms with Crippen LogP contribution in [0.25, 0.3) is 0 Å². The van der Waals surface area contributed by atoms with Gasteiger partial charge in [-0.2, -0.15) is 0 Å². The van der Waals surface area contributed by atoms with Gasteiger partial charge in [-0.25, -0.2) is 4.79 Å². The van der Waals surface area contributed by atoms with Gasteiger partial charge in [0.05, 0.1) is 14.2 Å². The number of nitrogens with one attached hydrogen (secondary N) is 2. The molecule has 0 unspecified atom stereocenters. The largest absolute Gasteiger partial charge is 0.493 e. The maximum absolute atomic E-state index is 11.5. The van der Waals surface area contributed by atoms with Crippen molar-refractivity contribution in [1.29, 1.82) is 0 Å². The van der Waals surface area contributed by atoms with Crippen LogP contribution < -0.4 is 20.1 Å². The monoisotopic (exact) mass is 280 g/mol. The predicted molar refractivity (Wildman–Crippen MR) is 79.6 cm³/mol. The highest BCUT2D eigenvalue weighted by atomic mass is 16.5. The number of unbranched alkanes of at least 4 members (excludes halogenated alkanes) is 1. The van der Waals surface area contributed by atoms with E-state index >= 15 is 0 Å². The van der Waals surface area contributed by atoms with Gasteiger partial charge in [0.25, 0.3) is 0 Å². The number of carbonyl (C=O) groups excluding carboxylic acids is 1. The zero-order valence-electron chi connectivity index (χ0n) is 12.5. The van der Waals surface area contributed by atoms with Crippen molar-refractivity contribution in [3.63, 3.8) is 0 Å². The molecule has 1 aromatic rings. The number of amides is 2. The molecule has 2 N–H and O–H groups in total. The third kappa shape index (κ3) is 5.38. The lowest BCUT2D eigenvalue weighted by Crippen LogP contribution is -2.37. The molecule has 0 spiro atoms. The fourth-order valence-electron chi connectivity index (χ4n) is 1.80. The van der Waals surface area contributed by atoms with Crippen LogP contribution in [0, 0.1) is 0 Å². The van der Waals surface area contributed by atoms with E-state index in [-0.39, 0.29) is 6.03 Å². The average Bonchev–Trinajstić information content (AvgIpc) is 2.47. The average molecular weight is 280 g/mol. The zero-order valence-corrected chi connectivity index (χ0v) is 12.5. The van der Waals surface area contributed by atoms with Gasteiger partial charge in [-0.1, -0.05) is 19.4 Å². The molecule has 0 radical (unpaired) electrons. The minimum atomic E-state index is -0.112. The second kappa shape index (κ2) is 9.07. The summed E-state index contributed by atoms with van der Waals surface area (Å²) in [7, 11) is 3.22. The van der Waals surface area contributed by atoms with Crippen LogP contribution in [0.3, 0.4) is 0 Å². The summed E-state index contributed by atoms with van der Waals surface area (Å²) in [4.78, 5) is 11.5. The Labute approximate surface area is 120 Å². The first-order valence-electron chi connectivity index (χ1n) is 6.93. The van der Waals surface area contributed by atoms with E-state index in [0.29, 0.717) is 18.0 Å². The fraction of sp³-hybridized carbons (Fsp3) is 0.533. The maximum atomic E-state index is 11.5. The molecule has 1 aromatic carbocycles. The van der Waals surface area contributed by atoms with E-state index in [4.69, 9.17) is 9.47 Å². The summed E-state index contributed by atoms with van der Waals surface area (Å²) in [5, 5.41) is 5.65. The number of hydrogen-bond acceptors (Lipinski definition) is 3. The molecule has 0 aromatic heterocycles. The van der Waals surface area contributed by atoms with E-state index in [1.165, 1.54) is 0 Å². The third-order valence-electron chi connectivity index (χ3n) is 2.96. The number of ether oxygens (including phenoxy) is 2. The Hall–Kier alpha value is -1.91. The van der Waals surface area contributed by atoms with E-state index < -0.39 is 0 Å². The van der Waals surface area contributed by atoms with Crippen molar-refractivity contribution in [2.24, 2.45) is 0 Å². The van der Waals surface area contributed by atoms with Crippen molar-refractivity contribution >= 4 is 6.03 Å². The normalized spacial score (nSPS) is 9.95. The predicted octanol–water partition coefficient (Wildman–Crippen LogP) is 2.35. The topological polar surface area (TPSA) is 59.6 Å². The molecular formula is C15H24N2O3. The Morgan fingerprint density at radius 3 is 2.45 bits per heavy atom. The van der Waals surface area contributed by atoms with Crippen LogP contribution in [0.15, 0.2) is 18.2 Å². The van der Waals surface area contributed by atoms with Gasteiger partial charge in [-0.05, 0) is 30.5 Å². The molecule has 0 aliphatic heterocycles. The van der Waals surface area contributed by atoms with Gasteiger partial charge in [-0.15, -0.1) is 0 Å². The third-order valence-corrected chi connectivity index (χ3v) is 2.96. The van der Waals surface area contributed by atoms with Gasteiger partial charge in [0.15, 0.2) is 11.5 Å². The highest BCUT2D eigenvalue weighted by Crippen LogP contribution is 2.27. The van der Waals surface area contributed by atoms with E-state index in [9.17, 15) is 4.79 Å². The molecule has 0 saturated carbocycles. The molecule has 112 valence electrons. The van der Waals surface area contributed by atoms with Gasteiger partial charge in [0, 0.05) is 13.1 Å². The van der Waals surface area contributed by atoms with Crippen LogP contribution in [0.5, 0.6) is 11.5 Å². The molecule has 0 aliphatic rings. The minimum absolute atomic E-state index is 0.112. The molecule has 5 heteroatoms. The molecule has 0 fully saturated rings. The lowest BCUT2D eigenvalue weighted by molar-refractivity contribution is 0.241. The smallest absolute Gasteiger partial charge is 0.314 e. The van der Waals surface area contributed by atoms with Crippen molar-refractivity contribution in [1.82, 2.24) is 10.6 Å². The molecule has 0 atom stereocenters. The van der Waals surface area contributed by atoms with Crippen LogP contribution in [-0.4, -0.2) is 33.3 Å². The van der Waals surface area contributed by atoms with E-state index in [0.717, 1.165) is 31.4 Å². The molecule has 5 nitrogen and oxygen atoms in total. The minimum Gasteiger partial charge on any atom is -0.493 e. The number of urea groups is 1. The van der Waals surface area contributed by atoms with E-state index in [1.54, 1.807) is 14.2 Å². The van der Waals surface area contributed by atoms with Crippen LogP contribution in [0.2, 0.25) is 0 Å². The second-order valence-corrected chi connectivity index (χ2v) is 4.48. The first kappa shape index (κ1) is 16.1. The lowest BCUT2D eigenvalue weighted by atomic mass is 10.1. The highest BCUT2D eigenvalue weighted by molar-refractivity contribution is 5.73. The zero-order chi connectivity index (χ0) is 14.8.